The topological polar surface area (TPSA) is 34.1 Å². The summed E-state index contributed by atoms with van der Waals surface area (Å²) in [6.07, 6.45) is 1.05. The van der Waals surface area contributed by atoms with Crippen LogP contribution in [0.25, 0.3) is 10.9 Å². The Balaban J connectivity index is 2.01. The van der Waals surface area contributed by atoms with E-state index >= 15 is 0 Å². The molecule has 0 saturated carbocycles. The average Bonchev–Trinajstić information content (AvgIpc) is 2.56. The van der Waals surface area contributed by atoms with E-state index in [9.17, 15) is 0 Å². The van der Waals surface area contributed by atoms with Crippen molar-refractivity contribution in [3.63, 3.8) is 0 Å². The number of pyridine rings is 1. The van der Waals surface area contributed by atoms with Gasteiger partial charge in [-0.05, 0) is 62.2 Å². The molecule has 0 atom stereocenters. The van der Waals surface area contributed by atoms with Crippen molar-refractivity contribution in [2.75, 3.05) is 11.9 Å². The maximum Gasteiger partial charge on any atom is 0.120 e. The second kappa shape index (κ2) is 6.69. The predicted molar refractivity (Wildman–Crippen MR) is 96.8 cm³/mol. The summed E-state index contributed by atoms with van der Waals surface area (Å²) in [6.45, 7) is 6.83. The molecule has 0 aliphatic rings. The lowest BCUT2D eigenvalue weighted by atomic mass is 10.1. The monoisotopic (exact) mass is 306 g/mol. The van der Waals surface area contributed by atoms with E-state index in [4.69, 9.17) is 4.74 Å². The van der Waals surface area contributed by atoms with Gasteiger partial charge >= 0.3 is 0 Å². The lowest BCUT2D eigenvalue weighted by molar-refractivity contribution is 0.340. The Hall–Kier alpha value is -2.55. The largest absolute Gasteiger partial charge is 0.494 e. The highest BCUT2D eigenvalue weighted by Gasteiger charge is 2.06. The predicted octanol–water partition coefficient (Wildman–Crippen LogP) is 5.25. The molecule has 1 aromatic heterocycles. The van der Waals surface area contributed by atoms with Gasteiger partial charge in [0.05, 0.1) is 12.1 Å². The maximum absolute atomic E-state index is 5.62. The minimum absolute atomic E-state index is 0.659. The van der Waals surface area contributed by atoms with E-state index in [0.717, 1.165) is 40.1 Å². The normalized spacial score (nSPS) is 10.7. The van der Waals surface area contributed by atoms with Crippen molar-refractivity contribution in [1.29, 1.82) is 0 Å². The Labute approximate surface area is 137 Å². The molecular weight excluding hydrogens is 284 g/mol. The summed E-state index contributed by atoms with van der Waals surface area (Å²) in [7, 11) is 0. The molecule has 0 unspecified atom stereocenters. The fourth-order valence-corrected chi connectivity index (χ4v) is 2.68. The zero-order valence-electron chi connectivity index (χ0n) is 13.9. The molecule has 118 valence electrons. The van der Waals surface area contributed by atoms with Crippen LogP contribution in [0.4, 0.5) is 11.4 Å². The number of nitrogens with zero attached hydrogens (tertiary/aromatic N) is 1. The number of anilines is 2. The van der Waals surface area contributed by atoms with Crippen LogP contribution in [0, 0.1) is 6.92 Å². The molecule has 0 aliphatic carbocycles. The first-order valence-electron chi connectivity index (χ1n) is 8.09. The Bertz CT molecular complexity index is 810. The second-order valence-corrected chi connectivity index (χ2v) is 5.60. The molecular formula is C20H22N2O. The molecule has 0 fully saturated rings. The van der Waals surface area contributed by atoms with Crippen molar-refractivity contribution in [2.24, 2.45) is 0 Å². The zero-order chi connectivity index (χ0) is 16.2. The van der Waals surface area contributed by atoms with Gasteiger partial charge in [0.25, 0.3) is 0 Å². The van der Waals surface area contributed by atoms with E-state index < -0.39 is 0 Å². The van der Waals surface area contributed by atoms with Crippen LogP contribution in [-0.4, -0.2) is 11.6 Å². The minimum atomic E-state index is 0.659. The van der Waals surface area contributed by atoms with Crippen LogP contribution >= 0.6 is 0 Å². The summed E-state index contributed by atoms with van der Waals surface area (Å²) in [4.78, 5) is 4.61. The van der Waals surface area contributed by atoms with Gasteiger partial charge in [-0.25, -0.2) is 0 Å². The Morgan fingerprint density at radius 1 is 1.00 bits per heavy atom. The molecule has 0 saturated heterocycles. The first-order chi connectivity index (χ1) is 11.2. The fourth-order valence-electron chi connectivity index (χ4n) is 2.68. The van der Waals surface area contributed by atoms with Gasteiger partial charge in [0.1, 0.15) is 5.75 Å². The molecule has 23 heavy (non-hydrogen) atoms. The van der Waals surface area contributed by atoms with Crippen LogP contribution < -0.4 is 10.1 Å². The number of fused-ring (bicyclic) bond motifs is 1. The van der Waals surface area contributed by atoms with E-state index in [-0.39, 0.29) is 0 Å². The van der Waals surface area contributed by atoms with E-state index in [1.165, 1.54) is 5.56 Å². The number of aryl methyl sites for hydroxylation is 2. The van der Waals surface area contributed by atoms with Crippen molar-refractivity contribution < 1.29 is 4.74 Å². The highest BCUT2D eigenvalue weighted by atomic mass is 16.5. The van der Waals surface area contributed by atoms with Crippen LogP contribution in [0.15, 0.2) is 48.5 Å². The molecule has 0 bridgehead atoms. The Kier molecular flexibility index (Phi) is 4.47. The molecule has 3 nitrogen and oxygen atoms in total. The van der Waals surface area contributed by atoms with Gasteiger partial charge < -0.3 is 10.1 Å². The lowest BCUT2D eigenvalue weighted by Gasteiger charge is -2.12. The van der Waals surface area contributed by atoms with Crippen LogP contribution in [-0.2, 0) is 6.42 Å². The lowest BCUT2D eigenvalue weighted by Crippen LogP contribution is -1.96. The zero-order valence-corrected chi connectivity index (χ0v) is 13.9. The summed E-state index contributed by atoms with van der Waals surface area (Å²) in [5, 5.41) is 4.58. The molecule has 1 heterocycles. The molecule has 1 N–H and O–H groups in total. The molecule has 3 aromatic rings. The van der Waals surface area contributed by atoms with Crippen molar-refractivity contribution in [3.05, 3.63) is 59.8 Å². The number of benzene rings is 2. The highest BCUT2D eigenvalue weighted by Crippen LogP contribution is 2.29. The Morgan fingerprint density at radius 2 is 1.78 bits per heavy atom. The van der Waals surface area contributed by atoms with Gasteiger partial charge in [0.15, 0.2) is 0 Å². The van der Waals surface area contributed by atoms with Gasteiger partial charge in [-0.15, -0.1) is 0 Å². The fraction of sp³-hybridized carbons (Fsp3) is 0.250. The van der Waals surface area contributed by atoms with E-state index in [1.807, 2.05) is 32.0 Å². The van der Waals surface area contributed by atoms with Crippen LogP contribution in [0.5, 0.6) is 5.75 Å². The van der Waals surface area contributed by atoms with Gasteiger partial charge in [-0.2, -0.15) is 0 Å². The van der Waals surface area contributed by atoms with Crippen molar-refractivity contribution >= 4 is 22.3 Å². The third-order valence-corrected chi connectivity index (χ3v) is 3.86. The SMILES string of the molecule is CCOc1ccc2nc(C)cc(Nc3ccc(CC)cc3)c2c1. The number of ether oxygens (including phenoxy) is 1. The Morgan fingerprint density at radius 3 is 2.48 bits per heavy atom. The summed E-state index contributed by atoms with van der Waals surface area (Å²) in [5.41, 5.74) is 5.44. The summed E-state index contributed by atoms with van der Waals surface area (Å²) in [5.74, 6) is 0.870. The van der Waals surface area contributed by atoms with E-state index in [1.54, 1.807) is 0 Å². The number of hydrogen-bond donors (Lipinski definition) is 1. The van der Waals surface area contributed by atoms with Crippen LogP contribution in [0.1, 0.15) is 25.1 Å². The number of hydrogen-bond acceptors (Lipinski definition) is 3. The second-order valence-electron chi connectivity index (χ2n) is 5.60. The van der Waals surface area contributed by atoms with Gasteiger partial charge in [-0.3, -0.25) is 4.98 Å². The molecule has 0 aliphatic heterocycles. The molecule has 0 radical (unpaired) electrons. The summed E-state index contributed by atoms with van der Waals surface area (Å²) in [6, 6.07) is 16.7. The number of nitrogens with one attached hydrogen (secondary N) is 1. The van der Waals surface area contributed by atoms with Crippen molar-refractivity contribution in [1.82, 2.24) is 4.98 Å². The first kappa shape index (κ1) is 15.3. The van der Waals surface area contributed by atoms with Crippen molar-refractivity contribution in [3.8, 4) is 5.75 Å². The molecule has 0 spiro atoms. The number of rotatable bonds is 5. The van der Waals surface area contributed by atoms with E-state index in [0.29, 0.717) is 6.61 Å². The van der Waals surface area contributed by atoms with Crippen molar-refractivity contribution in [2.45, 2.75) is 27.2 Å². The summed E-state index contributed by atoms with van der Waals surface area (Å²) >= 11 is 0. The average molecular weight is 306 g/mol. The highest BCUT2D eigenvalue weighted by molar-refractivity contribution is 5.94. The van der Waals surface area contributed by atoms with Gasteiger partial charge in [-0.1, -0.05) is 19.1 Å². The summed E-state index contributed by atoms with van der Waals surface area (Å²) < 4.78 is 5.62. The minimum Gasteiger partial charge on any atom is -0.494 e. The van der Waals surface area contributed by atoms with E-state index in [2.05, 4.69) is 47.6 Å². The maximum atomic E-state index is 5.62. The standard InChI is InChI=1S/C20H22N2O/c1-4-15-6-8-16(9-7-15)22-20-12-14(3)21-19-11-10-17(23-5-2)13-18(19)20/h6-13H,4-5H2,1-3H3,(H,21,22). The number of aromatic nitrogens is 1. The third kappa shape index (κ3) is 3.45. The molecule has 3 heteroatoms. The van der Waals surface area contributed by atoms with Crippen LogP contribution in [0.3, 0.4) is 0 Å². The first-order valence-corrected chi connectivity index (χ1v) is 8.09. The van der Waals surface area contributed by atoms with Crippen LogP contribution in [0.2, 0.25) is 0 Å². The van der Waals surface area contributed by atoms with Gasteiger partial charge in [0, 0.05) is 22.5 Å². The quantitative estimate of drug-likeness (QED) is 0.699. The third-order valence-electron chi connectivity index (χ3n) is 3.86. The molecule has 0 amide bonds. The molecule has 2 aromatic carbocycles. The smallest absolute Gasteiger partial charge is 0.120 e. The van der Waals surface area contributed by atoms with Gasteiger partial charge in [0.2, 0.25) is 0 Å². The molecule has 3 rings (SSSR count).